The highest BCUT2D eigenvalue weighted by Gasteiger charge is 2.34. The van der Waals surface area contributed by atoms with E-state index in [1.54, 1.807) is 16.8 Å². The van der Waals surface area contributed by atoms with Crippen LogP contribution in [0.2, 0.25) is 5.15 Å². The van der Waals surface area contributed by atoms with E-state index in [0.717, 1.165) is 12.8 Å². The maximum atomic E-state index is 14.6. The lowest BCUT2D eigenvalue weighted by atomic mass is 10.0. The molecule has 1 fully saturated rings. The predicted octanol–water partition coefficient (Wildman–Crippen LogP) is 4.84. The zero-order valence-corrected chi connectivity index (χ0v) is 14.9. The van der Waals surface area contributed by atoms with Crippen molar-refractivity contribution < 1.29 is 13.2 Å². The Balaban J connectivity index is 2.10. The summed E-state index contributed by atoms with van der Waals surface area (Å²) in [6.45, 7) is 4.09. The number of benzene rings is 1. The molecule has 1 aromatic carbocycles. The molecule has 4 rings (SSSR count). The van der Waals surface area contributed by atoms with Crippen molar-refractivity contribution in [1.82, 2.24) is 14.4 Å². The van der Waals surface area contributed by atoms with Gasteiger partial charge >= 0.3 is 0 Å². The van der Waals surface area contributed by atoms with Gasteiger partial charge in [0.15, 0.2) is 0 Å². The van der Waals surface area contributed by atoms with Crippen LogP contribution in [-0.4, -0.2) is 26.5 Å². The maximum absolute atomic E-state index is 14.6. The van der Waals surface area contributed by atoms with Gasteiger partial charge in [-0.3, -0.25) is 4.40 Å². The summed E-state index contributed by atoms with van der Waals surface area (Å²) in [5.41, 5.74) is -0.284. The van der Waals surface area contributed by atoms with Crippen molar-refractivity contribution in [2.75, 3.05) is 4.90 Å². The number of nitrogens with zero attached hydrogens (tertiary/aromatic N) is 4. The van der Waals surface area contributed by atoms with Gasteiger partial charge in [-0.05, 0) is 26.7 Å². The van der Waals surface area contributed by atoms with Gasteiger partial charge in [-0.15, -0.1) is 0 Å². The molecule has 0 radical (unpaired) electrons. The van der Waals surface area contributed by atoms with Gasteiger partial charge in [0.05, 0.1) is 11.1 Å². The Hall–Kier alpha value is -2.28. The standard InChI is InChI=1S/C18H16ClF3N4/c1-9-3-4-10(2)26(9)17-15(14-12(21)7-11(20)8-13(14)22)16(19)24-18-23-5-6-25(17)18/h5-10H,3-4H2,1-2H3. The molecule has 0 aliphatic carbocycles. The summed E-state index contributed by atoms with van der Waals surface area (Å²) in [7, 11) is 0. The molecular weight excluding hydrogens is 365 g/mol. The van der Waals surface area contributed by atoms with E-state index in [9.17, 15) is 13.2 Å². The van der Waals surface area contributed by atoms with Gasteiger partial charge in [0.2, 0.25) is 5.78 Å². The maximum Gasteiger partial charge on any atom is 0.236 e. The first kappa shape index (κ1) is 17.1. The lowest BCUT2D eigenvalue weighted by molar-refractivity contribution is 0.547. The van der Waals surface area contributed by atoms with Crippen LogP contribution < -0.4 is 4.90 Å². The molecule has 8 heteroatoms. The first-order chi connectivity index (χ1) is 12.4. The van der Waals surface area contributed by atoms with Crippen molar-refractivity contribution in [3.8, 4) is 11.1 Å². The van der Waals surface area contributed by atoms with E-state index in [1.807, 2.05) is 13.8 Å². The van der Waals surface area contributed by atoms with E-state index in [4.69, 9.17) is 11.6 Å². The number of anilines is 1. The Morgan fingerprint density at radius 3 is 2.27 bits per heavy atom. The van der Waals surface area contributed by atoms with E-state index in [2.05, 4.69) is 14.9 Å². The zero-order valence-electron chi connectivity index (χ0n) is 14.2. The van der Waals surface area contributed by atoms with Gasteiger partial charge in [0, 0.05) is 36.6 Å². The summed E-state index contributed by atoms with van der Waals surface area (Å²) in [5.74, 6) is -2.18. The second-order valence-electron chi connectivity index (χ2n) is 6.63. The molecule has 2 unspecified atom stereocenters. The SMILES string of the molecule is CC1CCC(C)N1c1c(-c2c(F)cc(F)cc2F)c(Cl)nc2nccn12. The van der Waals surface area contributed by atoms with Gasteiger partial charge in [-0.1, -0.05) is 11.6 Å². The van der Waals surface area contributed by atoms with Crippen LogP contribution in [0.1, 0.15) is 26.7 Å². The molecule has 26 heavy (non-hydrogen) atoms. The molecular formula is C18H16ClF3N4. The molecule has 1 aliphatic heterocycles. The van der Waals surface area contributed by atoms with Crippen LogP contribution in [0, 0.1) is 17.5 Å². The summed E-state index contributed by atoms with van der Waals surface area (Å²) in [6.07, 6.45) is 5.10. The minimum atomic E-state index is -1.02. The Kier molecular flexibility index (Phi) is 4.06. The summed E-state index contributed by atoms with van der Waals surface area (Å²) >= 11 is 6.34. The largest absolute Gasteiger partial charge is 0.352 e. The lowest BCUT2D eigenvalue weighted by Gasteiger charge is -2.31. The Labute approximate surface area is 153 Å². The number of aromatic nitrogens is 3. The van der Waals surface area contributed by atoms with Crippen molar-refractivity contribution in [1.29, 1.82) is 0 Å². The van der Waals surface area contributed by atoms with Crippen molar-refractivity contribution >= 4 is 23.2 Å². The van der Waals surface area contributed by atoms with Gasteiger partial charge in [-0.25, -0.2) is 18.2 Å². The molecule has 0 bridgehead atoms. The van der Waals surface area contributed by atoms with Crippen LogP contribution in [0.25, 0.3) is 16.9 Å². The molecule has 3 heterocycles. The highest BCUT2D eigenvalue weighted by atomic mass is 35.5. The first-order valence-electron chi connectivity index (χ1n) is 8.34. The third-order valence-electron chi connectivity index (χ3n) is 4.93. The predicted molar refractivity (Wildman–Crippen MR) is 93.9 cm³/mol. The number of fused-ring (bicyclic) bond motifs is 1. The number of imidazole rings is 1. The van der Waals surface area contributed by atoms with Crippen LogP contribution in [0.15, 0.2) is 24.5 Å². The molecule has 0 amide bonds. The van der Waals surface area contributed by atoms with E-state index in [1.165, 1.54) is 0 Å². The van der Waals surface area contributed by atoms with Gasteiger partial charge < -0.3 is 4.90 Å². The van der Waals surface area contributed by atoms with Gasteiger partial charge in [0.25, 0.3) is 0 Å². The summed E-state index contributed by atoms with van der Waals surface area (Å²) < 4.78 is 44.2. The monoisotopic (exact) mass is 380 g/mol. The summed E-state index contributed by atoms with van der Waals surface area (Å²) in [6, 6.07) is 1.57. The van der Waals surface area contributed by atoms with Crippen molar-refractivity contribution in [2.45, 2.75) is 38.8 Å². The fourth-order valence-electron chi connectivity index (χ4n) is 3.76. The molecule has 136 valence electrons. The van der Waals surface area contributed by atoms with Gasteiger partial charge in [0.1, 0.15) is 28.4 Å². The Morgan fingerprint density at radius 1 is 1.04 bits per heavy atom. The third-order valence-corrected chi connectivity index (χ3v) is 5.20. The van der Waals surface area contributed by atoms with Crippen LogP contribution in [-0.2, 0) is 0 Å². The average Bonchev–Trinajstić information content (AvgIpc) is 3.14. The quantitative estimate of drug-likeness (QED) is 0.596. The fourth-order valence-corrected chi connectivity index (χ4v) is 4.02. The topological polar surface area (TPSA) is 33.4 Å². The van der Waals surface area contributed by atoms with Gasteiger partial charge in [-0.2, -0.15) is 4.98 Å². The first-order valence-corrected chi connectivity index (χ1v) is 8.72. The zero-order chi connectivity index (χ0) is 18.6. The van der Waals surface area contributed by atoms with E-state index >= 15 is 0 Å². The highest BCUT2D eigenvalue weighted by molar-refractivity contribution is 6.33. The van der Waals surface area contributed by atoms with Crippen LogP contribution in [0.5, 0.6) is 0 Å². The molecule has 3 aromatic rings. The van der Waals surface area contributed by atoms with Crippen molar-refractivity contribution in [2.24, 2.45) is 0 Å². The van der Waals surface area contributed by atoms with E-state index < -0.39 is 17.5 Å². The van der Waals surface area contributed by atoms with Crippen molar-refractivity contribution in [3.63, 3.8) is 0 Å². The van der Waals surface area contributed by atoms with Crippen LogP contribution in [0.4, 0.5) is 19.0 Å². The second kappa shape index (κ2) is 6.16. The molecule has 2 atom stereocenters. The lowest BCUT2D eigenvalue weighted by Crippen LogP contribution is -2.34. The molecule has 1 saturated heterocycles. The second-order valence-corrected chi connectivity index (χ2v) is 6.98. The minimum Gasteiger partial charge on any atom is -0.352 e. The fraction of sp³-hybridized carbons (Fsp3) is 0.333. The number of rotatable bonds is 2. The molecule has 0 N–H and O–H groups in total. The molecule has 1 aliphatic rings. The summed E-state index contributed by atoms with van der Waals surface area (Å²) in [5, 5.41) is -0.0746. The molecule has 2 aromatic heterocycles. The normalized spacial score (nSPS) is 20.3. The minimum absolute atomic E-state index is 0.0746. The average molecular weight is 381 g/mol. The number of halogens is 4. The van der Waals surface area contributed by atoms with Crippen LogP contribution >= 0.6 is 11.6 Å². The van der Waals surface area contributed by atoms with E-state index in [0.29, 0.717) is 23.7 Å². The highest BCUT2D eigenvalue weighted by Crippen LogP contribution is 2.43. The molecule has 4 nitrogen and oxygen atoms in total. The smallest absolute Gasteiger partial charge is 0.236 e. The Morgan fingerprint density at radius 2 is 1.65 bits per heavy atom. The van der Waals surface area contributed by atoms with E-state index in [-0.39, 0.29) is 28.4 Å². The third kappa shape index (κ3) is 2.53. The molecule has 0 saturated carbocycles. The Bertz CT molecular complexity index is 971. The molecule has 0 spiro atoms. The number of hydrogen-bond donors (Lipinski definition) is 0. The number of hydrogen-bond acceptors (Lipinski definition) is 3. The summed E-state index contributed by atoms with van der Waals surface area (Å²) in [4.78, 5) is 10.4. The van der Waals surface area contributed by atoms with Crippen LogP contribution in [0.3, 0.4) is 0 Å². The van der Waals surface area contributed by atoms with Crippen molar-refractivity contribution in [3.05, 3.63) is 47.1 Å².